The van der Waals surface area contributed by atoms with Crippen LogP contribution in [0, 0.1) is 5.41 Å². The van der Waals surface area contributed by atoms with Gasteiger partial charge in [0.1, 0.15) is 0 Å². The lowest BCUT2D eigenvalue weighted by molar-refractivity contribution is 0.391. The zero-order chi connectivity index (χ0) is 14.3. The lowest BCUT2D eigenvalue weighted by Crippen LogP contribution is -2.25. The molecule has 0 N–H and O–H groups in total. The molecular weight excluding hydrogens is 230 g/mol. The topological polar surface area (TPSA) is 12.4 Å². The van der Waals surface area contributed by atoms with Gasteiger partial charge in [-0.1, -0.05) is 45.9 Å². The molecule has 0 saturated carbocycles. The van der Waals surface area contributed by atoms with Crippen LogP contribution in [0.5, 0.6) is 0 Å². The van der Waals surface area contributed by atoms with Crippen molar-refractivity contribution in [1.29, 1.82) is 0 Å². The Morgan fingerprint density at radius 3 is 1.89 bits per heavy atom. The minimum absolute atomic E-state index is 0.0741. The van der Waals surface area contributed by atoms with Gasteiger partial charge in [-0.15, -0.1) is 0 Å². The van der Waals surface area contributed by atoms with Gasteiger partial charge in [0.15, 0.2) is 0 Å². The van der Waals surface area contributed by atoms with Crippen LogP contribution in [0.4, 0.5) is 0 Å². The highest BCUT2D eigenvalue weighted by atomic mass is 14.9. The van der Waals surface area contributed by atoms with Crippen LogP contribution >= 0.6 is 0 Å². The molecule has 0 fully saturated rings. The minimum atomic E-state index is 0.0741. The van der Waals surface area contributed by atoms with E-state index in [-0.39, 0.29) is 11.0 Å². The van der Waals surface area contributed by atoms with E-state index in [0.29, 0.717) is 0 Å². The van der Waals surface area contributed by atoms with Crippen molar-refractivity contribution >= 4 is 5.71 Å². The highest BCUT2D eigenvalue weighted by Gasteiger charge is 2.41. The van der Waals surface area contributed by atoms with Crippen LogP contribution in [0.1, 0.15) is 64.7 Å². The minimum Gasteiger partial charge on any atom is -0.282 e. The first-order valence-electron chi connectivity index (χ1n) is 7.52. The van der Waals surface area contributed by atoms with E-state index in [1.807, 2.05) is 0 Å². The Morgan fingerprint density at radius 1 is 1.00 bits per heavy atom. The van der Waals surface area contributed by atoms with Crippen molar-refractivity contribution in [2.75, 3.05) is 0 Å². The highest BCUT2D eigenvalue weighted by Crippen LogP contribution is 2.42. The molecule has 1 aromatic carbocycles. The zero-order valence-corrected chi connectivity index (χ0v) is 13.3. The average molecular weight is 257 g/mol. The summed E-state index contributed by atoms with van der Waals surface area (Å²) in [6.45, 7) is 13.7. The molecular formula is C18H27N. The van der Waals surface area contributed by atoms with E-state index in [1.165, 1.54) is 22.4 Å². The van der Waals surface area contributed by atoms with Gasteiger partial charge in [-0.3, -0.25) is 4.99 Å². The molecule has 0 aliphatic carbocycles. The second-order valence-corrected chi connectivity index (χ2v) is 6.99. The molecule has 1 nitrogen and oxygen atoms in total. The Bertz CT molecular complexity index is 484. The van der Waals surface area contributed by atoms with Crippen LogP contribution in [-0.4, -0.2) is 11.3 Å². The van der Waals surface area contributed by atoms with E-state index in [0.717, 1.165) is 19.3 Å². The van der Waals surface area contributed by atoms with Gasteiger partial charge in [0, 0.05) is 16.7 Å². The third kappa shape index (κ3) is 2.61. The van der Waals surface area contributed by atoms with Gasteiger partial charge in [-0.25, -0.2) is 0 Å². The lowest BCUT2D eigenvalue weighted by atomic mass is 9.76. The maximum Gasteiger partial charge on any atom is 0.0564 e. The summed E-state index contributed by atoms with van der Waals surface area (Å²) in [6.07, 6.45) is 3.30. The summed E-state index contributed by atoms with van der Waals surface area (Å²) >= 11 is 0. The van der Waals surface area contributed by atoms with Gasteiger partial charge in [0.25, 0.3) is 0 Å². The highest BCUT2D eigenvalue weighted by molar-refractivity contribution is 6.08. The van der Waals surface area contributed by atoms with Crippen LogP contribution in [0.15, 0.2) is 23.2 Å². The fourth-order valence-corrected chi connectivity index (χ4v) is 3.60. The Balaban J connectivity index is 2.64. The molecule has 1 aliphatic rings. The SMILES string of the molecule is CCc1cccc(CC)c1C1=NC(C)(C)CC1(C)C. The Hall–Kier alpha value is -1.11. The number of hydrogen-bond acceptors (Lipinski definition) is 1. The average Bonchev–Trinajstić information content (AvgIpc) is 2.55. The predicted molar refractivity (Wildman–Crippen MR) is 84.2 cm³/mol. The largest absolute Gasteiger partial charge is 0.282 e. The van der Waals surface area contributed by atoms with Crippen molar-refractivity contribution in [2.45, 2.75) is 66.3 Å². The van der Waals surface area contributed by atoms with E-state index >= 15 is 0 Å². The molecule has 0 radical (unpaired) electrons. The number of aryl methyl sites for hydroxylation is 2. The van der Waals surface area contributed by atoms with E-state index < -0.39 is 0 Å². The van der Waals surface area contributed by atoms with E-state index in [4.69, 9.17) is 4.99 Å². The fourth-order valence-electron chi connectivity index (χ4n) is 3.60. The van der Waals surface area contributed by atoms with Gasteiger partial charge < -0.3 is 0 Å². The normalized spacial score (nSPS) is 20.4. The van der Waals surface area contributed by atoms with Crippen molar-refractivity contribution in [2.24, 2.45) is 10.4 Å². The number of benzene rings is 1. The number of rotatable bonds is 3. The maximum absolute atomic E-state index is 5.08. The van der Waals surface area contributed by atoms with Crippen LogP contribution < -0.4 is 0 Å². The fraction of sp³-hybridized carbons (Fsp3) is 0.611. The van der Waals surface area contributed by atoms with Crippen molar-refractivity contribution in [3.63, 3.8) is 0 Å². The molecule has 1 aliphatic heterocycles. The number of nitrogens with zero attached hydrogens (tertiary/aromatic N) is 1. The molecule has 2 rings (SSSR count). The molecule has 104 valence electrons. The standard InChI is InChI=1S/C18H27N/c1-7-13-10-9-11-14(8-2)15(13)16-17(3,4)12-18(5,6)19-16/h9-11H,7-8,12H2,1-6H3. The first-order valence-corrected chi connectivity index (χ1v) is 7.52. The molecule has 0 spiro atoms. The van der Waals surface area contributed by atoms with Gasteiger partial charge in [0.2, 0.25) is 0 Å². The molecule has 0 aromatic heterocycles. The molecule has 0 amide bonds. The molecule has 0 bridgehead atoms. The molecule has 1 heteroatoms. The molecule has 0 atom stereocenters. The monoisotopic (exact) mass is 257 g/mol. The van der Waals surface area contributed by atoms with Crippen LogP contribution in [0.2, 0.25) is 0 Å². The number of hydrogen-bond donors (Lipinski definition) is 0. The third-order valence-corrected chi connectivity index (χ3v) is 4.17. The summed E-state index contributed by atoms with van der Waals surface area (Å²) < 4.78 is 0. The first-order chi connectivity index (χ1) is 8.80. The molecule has 0 saturated heterocycles. The number of aliphatic imine (C=N–C) groups is 1. The predicted octanol–water partition coefficient (Wildman–Crippen LogP) is 4.81. The summed E-state index contributed by atoms with van der Waals surface area (Å²) in [5, 5.41) is 0. The summed E-state index contributed by atoms with van der Waals surface area (Å²) in [4.78, 5) is 5.08. The van der Waals surface area contributed by atoms with Gasteiger partial charge in [-0.2, -0.15) is 0 Å². The van der Waals surface area contributed by atoms with Crippen molar-refractivity contribution in [1.82, 2.24) is 0 Å². The van der Waals surface area contributed by atoms with E-state index in [1.54, 1.807) is 0 Å². The molecule has 1 heterocycles. The summed E-state index contributed by atoms with van der Waals surface area (Å²) in [5.41, 5.74) is 5.91. The van der Waals surface area contributed by atoms with Crippen LogP contribution in [0.3, 0.4) is 0 Å². The molecule has 19 heavy (non-hydrogen) atoms. The Morgan fingerprint density at radius 2 is 1.53 bits per heavy atom. The molecule has 1 aromatic rings. The van der Waals surface area contributed by atoms with E-state index in [2.05, 4.69) is 59.7 Å². The van der Waals surface area contributed by atoms with Crippen molar-refractivity contribution in [3.8, 4) is 0 Å². The van der Waals surface area contributed by atoms with Crippen LogP contribution in [-0.2, 0) is 12.8 Å². The smallest absolute Gasteiger partial charge is 0.0564 e. The second kappa shape index (κ2) is 4.77. The lowest BCUT2D eigenvalue weighted by Gasteiger charge is -2.25. The zero-order valence-electron chi connectivity index (χ0n) is 13.3. The van der Waals surface area contributed by atoms with Gasteiger partial charge in [0.05, 0.1) is 5.54 Å². The summed E-state index contributed by atoms with van der Waals surface area (Å²) in [6, 6.07) is 6.71. The first kappa shape index (κ1) is 14.3. The van der Waals surface area contributed by atoms with Crippen molar-refractivity contribution < 1.29 is 0 Å². The van der Waals surface area contributed by atoms with Crippen molar-refractivity contribution in [3.05, 3.63) is 34.9 Å². The van der Waals surface area contributed by atoms with Gasteiger partial charge >= 0.3 is 0 Å². The molecule has 0 unspecified atom stereocenters. The quantitative estimate of drug-likeness (QED) is 0.737. The Labute approximate surface area is 118 Å². The Kier molecular flexibility index (Phi) is 3.59. The maximum atomic E-state index is 5.08. The van der Waals surface area contributed by atoms with E-state index in [9.17, 15) is 0 Å². The summed E-state index contributed by atoms with van der Waals surface area (Å²) in [7, 11) is 0. The van der Waals surface area contributed by atoms with Gasteiger partial charge in [-0.05, 0) is 44.2 Å². The second-order valence-electron chi connectivity index (χ2n) is 6.99. The van der Waals surface area contributed by atoms with Crippen LogP contribution in [0.25, 0.3) is 0 Å². The third-order valence-electron chi connectivity index (χ3n) is 4.17. The summed E-state index contributed by atoms with van der Waals surface area (Å²) in [5.74, 6) is 0.